The highest BCUT2D eigenvalue weighted by molar-refractivity contribution is 5.93. The Morgan fingerprint density at radius 2 is 1.96 bits per heavy atom. The molecule has 0 atom stereocenters. The minimum atomic E-state index is -0.571. The topological polar surface area (TPSA) is 102 Å². The van der Waals surface area contributed by atoms with Crippen molar-refractivity contribution in [1.82, 2.24) is 9.97 Å². The molecular formula is C19H13N3O4. The van der Waals surface area contributed by atoms with Gasteiger partial charge in [0, 0.05) is 34.3 Å². The number of nitro benzene ring substituents is 1. The van der Waals surface area contributed by atoms with Crippen molar-refractivity contribution < 1.29 is 9.34 Å². The summed E-state index contributed by atoms with van der Waals surface area (Å²) in [5.41, 5.74) is 2.30. The van der Waals surface area contributed by atoms with E-state index in [9.17, 15) is 14.9 Å². The van der Waals surface area contributed by atoms with Crippen molar-refractivity contribution in [2.24, 2.45) is 0 Å². The lowest BCUT2D eigenvalue weighted by molar-refractivity contribution is -0.385. The van der Waals surface area contributed by atoms with Gasteiger partial charge in [-0.2, -0.15) is 0 Å². The minimum Gasteiger partial charge on any atom is -0.403 e. The van der Waals surface area contributed by atoms with Crippen LogP contribution in [-0.4, -0.2) is 14.9 Å². The second-order valence-corrected chi connectivity index (χ2v) is 5.87. The molecule has 0 radical (unpaired) electrons. The van der Waals surface area contributed by atoms with Gasteiger partial charge in [-0.15, -0.1) is 0 Å². The van der Waals surface area contributed by atoms with E-state index in [4.69, 9.17) is 4.42 Å². The lowest BCUT2D eigenvalue weighted by Gasteiger charge is -2.04. The Bertz CT molecular complexity index is 1210. The second-order valence-electron chi connectivity index (χ2n) is 5.87. The van der Waals surface area contributed by atoms with Crippen molar-refractivity contribution in [3.05, 3.63) is 80.8 Å². The molecule has 4 rings (SSSR count). The quantitative estimate of drug-likeness (QED) is 0.444. The first-order valence-corrected chi connectivity index (χ1v) is 7.87. The Hall–Kier alpha value is -3.74. The minimum absolute atomic E-state index is 0.0221. The predicted molar refractivity (Wildman–Crippen MR) is 96.9 cm³/mol. The maximum atomic E-state index is 12.1. The zero-order valence-corrected chi connectivity index (χ0v) is 13.7. The van der Waals surface area contributed by atoms with Gasteiger partial charge in [0.25, 0.3) is 5.69 Å². The van der Waals surface area contributed by atoms with Crippen molar-refractivity contribution in [2.45, 2.75) is 6.92 Å². The molecule has 0 fully saturated rings. The molecule has 0 aliphatic carbocycles. The summed E-state index contributed by atoms with van der Waals surface area (Å²) < 4.78 is 5.27. The predicted octanol–water partition coefficient (Wildman–Crippen LogP) is 4.07. The molecule has 0 unspecified atom stereocenters. The van der Waals surface area contributed by atoms with Gasteiger partial charge in [-0.3, -0.25) is 10.1 Å². The van der Waals surface area contributed by atoms with E-state index in [0.29, 0.717) is 22.4 Å². The fraction of sp³-hybridized carbons (Fsp3) is 0.0526. The summed E-state index contributed by atoms with van der Waals surface area (Å²) in [5, 5.41) is 12.0. The van der Waals surface area contributed by atoms with E-state index in [-0.39, 0.29) is 11.6 Å². The van der Waals surface area contributed by atoms with Crippen LogP contribution in [0.4, 0.5) is 5.69 Å². The van der Waals surface area contributed by atoms with Crippen LogP contribution in [0.3, 0.4) is 0 Å². The molecule has 7 nitrogen and oxygen atoms in total. The second kappa shape index (κ2) is 5.96. The molecule has 7 heteroatoms. The standard InChI is InChI=1S/C19H13N3O4/c1-11-6-7-12(8-17(11)22(24)25)16-9-18(23)26-19(21-16)14-10-20-15-5-3-2-4-13(14)15/h2-10,20H,1H3. The van der Waals surface area contributed by atoms with Gasteiger partial charge in [0.1, 0.15) is 0 Å². The van der Waals surface area contributed by atoms with Crippen molar-refractivity contribution in [1.29, 1.82) is 0 Å². The molecule has 128 valence electrons. The largest absolute Gasteiger partial charge is 0.403 e. The molecule has 0 saturated heterocycles. The lowest BCUT2D eigenvalue weighted by atomic mass is 10.1. The van der Waals surface area contributed by atoms with Crippen LogP contribution in [0.25, 0.3) is 33.6 Å². The third-order valence-electron chi connectivity index (χ3n) is 4.20. The van der Waals surface area contributed by atoms with E-state index in [2.05, 4.69) is 9.97 Å². The SMILES string of the molecule is Cc1ccc(-c2cc(=O)oc(-c3c[nH]c4ccccc34)n2)cc1[N+](=O)[O-]. The van der Waals surface area contributed by atoms with Gasteiger partial charge in [0.15, 0.2) is 0 Å². The third-order valence-corrected chi connectivity index (χ3v) is 4.20. The number of hydrogen-bond acceptors (Lipinski definition) is 5. The van der Waals surface area contributed by atoms with Crippen LogP contribution < -0.4 is 5.63 Å². The Labute approximate surface area is 147 Å². The number of nitrogens with one attached hydrogen (secondary N) is 1. The van der Waals surface area contributed by atoms with E-state index in [1.54, 1.807) is 25.3 Å². The van der Waals surface area contributed by atoms with Crippen LogP contribution in [0.15, 0.2) is 63.9 Å². The van der Waals surface area contributed by atoms with Crippen LogP contribution in [0.2, 0.25) is 0 Å². The highest BCUT2D eigenvalue weighted by Gasteiger charge is 2.16. The molecule has 0 aliphatic heterocycles. The fourth-order valence-electron chi connectivity index (χ4n) is 2.88. The molecule has 0 amide bonds. The summed E-state index contributed by atoms with van der Waals surface area (Å²) in [7, 11) is 0. The van der Waals surface area contributed by atoms with Crippen LogP contribution in [0.5, 0.6) is 0 Å². The molecule has 0 saturated carbocycles. The van der Waals surface area contributed by atoms with E-state index in [0.717, 1.165) is 10.9 Å². The third kappa shape index (κ3) is 2.65. The Morgan fingerprint density at radius 3 is 2.77 bits per heavy atom. The highest BCUT2D eigenvalue weighted by Crippen LogP contribution is 2.29. The number of benzene rings is 2. The zero-order valence-electron chi connectivity index (χ0n) is 13.7. The lowest BCUT2D eigenvalue weighted by Crippen LogP contribution is -2.02. The molecule has 0 spiro atoms. The first-order chi connectivity index (χ1) is 12.5. The number of rotatable bonds is 3. The van der Waals surface area contributed by atoms with Gasteiger partial charge >= 0.3 is 5.63 Å². The van der Waals surface area contributed by atoms with Gasteiger partial charge in [-0.25, -0.2) is 9.78 Å². The molecule has 2 heterocycles. The van der Waals surface area contributed by atoms with Gasteiger partial charge in [0.05, 0.1) is 22.2 Å². The summed E-state index contributed by atoms with van der Waals surface area (Å²) in [6.45, 7) is 1.66. The zero-order chi connectivity index (χ0) is 18.3. The molecule has 2 aromatic heterocycles. The number of aryl methyl sites for hydroxylation is 1. The van der Waals surface area contributed by atoms with Gasteiger partial charge in [0.2, 0.25) is 5.89 Å². The van der Waals surface area contributed by atoms with Crippen LogP contribution in [-0.2, 0) is 0 Å². The maximum absolute atomic E-state index is 12.1. The Kier molecular flexibility index (Phi) is 3.62. The number of aromatic amines is 1. The monoisotopic (exact) mass is 347 g/mol. The summed E-state index contributed by atoms with van der Waals surface area (Å²) in [5.74, 6) is 0.160. The van der Waals surface area contributed by atoms with Gasteiger partial charge in [-0.05, 0) is 13.0 Å². The molecule has 1 N–H and O–H groups in total. The number of para-hydroxylation sites is 1. The maximum Gasteiger partial charge on any atom is 0.339 e. The smallest absolute Gasteiger partial charge is 0.339 e. The highest BCUT2D eigenvalue weighted by atomic mass is 16.6. The molecule has 0 bridgehead atoms. The van der Waals surface area contributed by atoms with E-state index in [1.165, 1.54) is 12.1 Å². The molecule has 2 aromatic carbocycles. The summed E-state index contributed by atoms with van der Waals surface area (Å²) in [6, 6.07) is 13.6. The Balaban J connectivity index is 1.89. The molecular weight excluding hydrogens is 334 g/mol. The van der Waals surface area contributed by atoms with Crippen molar-refractivity contribution in [3.63, 3.8) is 0 Å². The molecule has 4 aromatic rings. The van der Waals surface area contributed by atoms with Crippen LogP contribution in [0.1, 0.15) is 5.56 Å². The molecule has 0 aliphatic rings. The van der Waals surface area contributed by atoms with E-state index in [1.807, 2.05) is 24.3 Å². The number of H-pyrrole nitrogens is 1. The van der Waals surface area contributed by atoms with Gasteiger partial charge in [-0.1, -0.05) is 30.3 Å². The van der Waals surface area contributed by atoms with Crippen molar-refractivity contribution in [2.75, 3.05) is 0 Å². The molecule has 26 heavy (non-hydrogen) atoms. The Morgan fingerprint density at radius 1 is 1.15 bits per heavy atom. The fourth-order valence-corrected chi connectivity index (χ4v) is 2.88. The first-order valence-electron chi connectivity index (χ1n) is 7.87. The van der Waals surface area contributed by atoms with Crippen molar-refractivity contribution in [3.8, 4) is 22.7 Å². The van der Waals surface area contributed by atoms with Crippen molar-refractivity contribution >= 4 is 16.6 Å². The number of hydrogen-bond donors (Lipinski definition) is 1. The number of aromatic nitrogens is 2. The number of nitrogens with zero attached hydrogens (tertiary/aromatic N) is 2. The van der Waals surface area contributed by atoms with Crippen LogP contribution in [0, 0.1) is 17.0 Å². The first kappa shape index (κ1) is 15.8. The summed E-state index contributed by atoms with van der Waals surface area (Å²) in [4.78, 5) is 30.3. The average molecular weight is 347 g/mol. The number of fused-ring (bicyclic) bond motifs is 1. The number of nitro groups is 1. The average Bonchev–Trinajstić information content (AvgIpc) is 3.05. The summed E-state index contributed by atoms with van der Waals surface area (Å²) >= 11 is 0. The normalized spacial score (nSPS) is 11.0. The van der Waals surface area contributed by atoms with Crippen LogP contribution >= 0.6 is 0 Å². The summed E-state index contributed by atoms with van der Waals surface area (Å²) in [6.07, 6.45) is 1.72. The van der Waals surface area contributed by atoms with E-state index >= 15 is 0 Å². The van der Waals surface area contributed by atoms with Gasteiger partial charge < -0.3 is 9.40 Å². The van der Waals surface area contributed by atoms with E-state index < -0.39 is 10.5 Å².